The van der Waals surface area contributed by atoms with E-state index in [1.165, 1.54) is 205 Å². The van der Waals surface area contributed by atoms with E-state index in [0.29, 0.717) is 19.3 Å². The van der Waals surface area contributed by atoms with Gasteiger partial charge in [-0.3, -0.25) is 14.4 Å². The molecular formula is C62H114O6. The van der Waals surface area contributed by atoms with Gasteiger partial charge in [-0.1, -0.05) is 263 Å². The lowest BCUT2D eigenvalue weighted by molar-refractivity contribution is -0.167. The van der Waals surface area contributed by atoms with Gasteiger partial charge in [0.15, 0.2) is 6.10 Å². The van der Waals surface area contributed by atoms with E-state index in [2.05, 4.69) is 57.2 Å². The van der Waals surface area contributed by atoms with Gasteiger partial charge in [-0.15, -0.1) is 0 Å². The Morgan fingerprint density at radius 1 is 0.294 bits per heavy atom. The Hall–Kier alpha value is -2.37. The molecule has 68 heavy (non-hydrogen) atoms. The van der Waals surface area contributed by atoms with Gasteiger partial charge in [0, 0.05) is 19.3 Å². The number of carbonyl (C=O) groups is 3. The minimum Gasteiger partial charge on any atom is -0.462 e. The van der Waals surface area contributed by atoms with Crippen molar-refractivity contribution < 1.29 is 28.6 Å². The fraction of sp³-hybridized carbons (Fsp3) is 0.855. The molecule has 0 N–H and O–H groups in total. The number of rotatable bonds is 55. The van der Waals surface area contributed by atoms with Crippen molar-refractivity contribution in [1.29, 1.82) is 0 Å². The molecule has 0 amide bonds. The van der Waals surface area contributed by atoms with E-state index in [4.69, 9.17) is 14.2 Å². The Balaban J connectivity index is 4.34. The van der Waals surface area contributed by atoms with Crippen LogP contribution in [0.4, 0.5) is 0 Å². The highest BCUT2D eigenvalue weighted by Crippen LogP contribution is 2.17. The molecule has 0 aromatic heterocycles. The summed E-state index contributed by atoms with van der Waals surface area (Å²) in [5.74, 6) is -0.872. The summed E-state index contributed by atoms with van der Waals surface area (Å²) >= 11 is 0. The van der Waals surface area contributed by atoms with E-state index < -0.39 is 6.10 Å². The minimum atomic E-state index is -0.777. The van der Waals surface area contributed by atoms with Crippen LogP contribution in [0, 0.1) is 0 Å². The summed E-state index contributed by atoms with van der Waals surface area (Å²) in [6.45, 7) is 6.64. The summed E-state index contributed by atoms with van der Waals surface area (Å²) in [6, 6.07) is 0. The summed E-state index contributed by atoms with van der Waals surface area (Å²) in [7, 11) is 0. The van der Waals surface area contributed by atoms with Crippen LogP contribution in [-0.4, -0.2) is 37.2 Å². The average Bonchev–Trinajstić information content (AvgIpc) is 3.34. The minimum absolute atomic E-state index is 0.0742. The predicted octanol–water partition coefficient (Wildman–Crippen LogP) is 20.0. The van der Waals surface area contributed by atoms with Crippen molar-refractivity contribution in [2.45, 2.75) is 329 Å². The highest BCUT2D eigenvalue weighted by atomic mass is 16.6. The Bertz CT molecular complexity index is 1140. The van der Waals surface area contributed by atoms with E-state index in [0.717, 1.165) is 77.0 Å². The lowest BCUT2D eigenvalue weighted by Gasteiger charge is -2.18. The summed E-state index contributed by atoms with van der Waals surface area (Å²) in [4.78, 5) is 38.2. The van der Waals surface area contributed by atoms with Crippen molar-refractivity contribution in [3.05, 3.63) is 36.5 Å². The zero-order valence-corrected chi connectivity index (χ0v) is 45.6. The largest absolute Gasteiger partial charge is 0.462 e. The van der Waals surface area contributed by atoms with Gasteiger partial charge in [0.2, 0.25) is 0 Å². The number of unbranched alkanes of at least 4 members (excludes halogenated alkanes) is 38. The summed E-state index contributed by atoms with van der Waals surface area (Å²) < 4.78 is 16.9. The van der Waals surface area contributed by atoms with Gasteiger partial charge in [0.25, 0.3) is 0 Å². The van der Waals surface area contributed by atoms with Crippen molar-refractivity contribution in [2.24, 2.45) is 0 Å². The Morgan fingerprint density at radius 3 is 0.853 bits per heavy atom. The molecule has 0 aromatic carbocycles. The van der Waals surface area contributed by atoms with Crippen molar-refractivity contribution in [3.63, 3.8) is 0 Å². The third kappa shape index (κ3) is 54.6. The average molecular weight is 956 g/mol. The zero-order valence-electron chi connectivity index (χ0n) is 45.6. The van der Waals surface area contributed by atoms with E-state index in [1.807, 2.05) is 0 Å². The summed E-state index contributed by atoms with van der Waals surface area (Å²) in [5, 5.41) is 0. The predicted molar refractivity (Wildman–Crippen MR) is 293 cm³/mol. The summed E-state index contributed by atoms with van der Waals surface area (Å²) in [5.41, 5.74) is 0. The molecule has 0 aromatic rings. The number of hydrogen-bond acceptors (Lipinski definition) is 6. The molecule has 0 heterocycles. The number of carbonyl (C=O) groups excluding carboxylic acids is 3. The molecule has 6 heteroatoms. The highest BCUT2D eigenvalue weighted by Gasteiger charge is 2.19. The van der Waals surface area contributed by atoms with Gasteiger partial charge in [-0.25, -0.2) is 0 Å². The van der Waals surface area contributed by atoms with Gasteiger partial charge in [-0.05, 0) is 77.0 Å². The SMILES string of the molecule is CCCCC/C=C\C/C=C\CCCCCCCCCC(=O)OC(COC(=O)CCCCCCC/C=C\CCCCCCC)COC(=O)CCCCCCCCCCCCCCCCCCCCC. The normalized spacial score (nSPS) is 12.2. The zero-order chi connectivity index (χ0) is 49.3. The number of hydrogen-bond donors (Lipinski definition) is 0. The van der Waals surface area contributed by atoms with Gasteiger partial charge in [-0.2, -0.15) is 0 Å². The summed E-state index contributed by atoms with van der Waals surface area (Å²) in [6.07, 6.45) is 68.5. The van der Waals surface area contributed by atoms with Crippen molar-refractivity contribution in [1.82, 2.24) is 0 Å². The first-order valence-corrected chi connectivity index (χ1v) is 30.0. The molecule has 0 fully saturated rings. The van der Waals surface area contributed by atoms with Gasteiger partial charge >= 0.3 is 17.9 Å². The fourth-order valence-corrected chi connectivity index (χ4v) is 8.82. The molecule has 0 saturated heterocycles. The monoisotopic (exact) mass is 955 g/mol. The molecule has 0 aliphatic carbocycles. The number of ether oxygens (including phenoxy) is 3. The fourth-order valence-electron chi connectivity index (χ4n) is 8.82. The van der Waals surface area contributed by atoms with Crippen molar-refractivity contribution >= 4 is 17.9 Å². The van der Waals surface area contributed by atoms with Crippen LogP contribution in [0.25, 0.3) is 0 Å². The molecule has 1 atom stereocenters. The second-order valence-electron chi connectivity index (χ2n) is 20.3. The molecule has 0 aliphatic heterocycles. The number of esters is 3. The van der Waals surface area contributed by atoms with Crippen LogP contribution >= 0.6 is 0 Å². The third-order valence-corrected chi connectivity index (χ3v) is 13.4. The maximum Gasteiger partial charge on any atom is 0.306 e. The standard InChI is InChI=1S/C62H114O6/c1-4-7-10-13-16-19-22-25-28-30-31-33-34-37-40-43-46-49-52-55-61(64)67-58-59(57-66-60(63)54-51-48-45-42-39-36-27-24-21-18-15-12-9-6-3)68-62(65)56-53-50-47-44-41-38-35-32-29-26-23-20-17-14-11-8-5-2/h17,20,24,26-27,29,59H,4-16,18-19,21-23,25,28,30-58H2,1-3H3/b20-17-,27-24-,29-26-. The van der Waals surface area contributed by atoms with Crippen LogP contribution in [0.3, 0.4) is 0 Å². The molecule has 1 unspecified atom stereocenters. The molecule has 0 aliphatic rings. The van der Waals surface area contributed by atoms with Gasteiger partial charge in [0.1, 0.15) is 13.2 Å². The number of allylic oxidation sites excluding steroid dienone is 6. The first-order chi connectivity index (χ1) is 33.5. The van der Waals surface area contributed by atoms with Crippen LogP contribution in [0.5, 0.6) is 0 Å². The molecule has 0 bridgehead atoms. The van der Waals surface area contributed by atoms with Crippen LogP contribution in [-0.2, 0) is 28.6 Å². The lowest BCUT2D eigenvalue weighted by Crippen LogP contribution is -2.30. The first-order valence-electron chi connectivity index (χ1n) is 30.0. The Kier molecular flexibility index (Phi) is 55.2. The smallest absolute Gasteiger partial charge is 0.306 e. The molecule has 0 spiro atoms. The highest BCUT2D eigenvalue weighted by molar-refractivity contribution is 5.71. The van der Waals surface area contributed by atoms with E-state index in [-0.39, 0.29) is 31.1 Å². The van der Waals surface area contributed by atoms with E-state index in [1.54, 1.807) is 0 Å². The van der Waals surface area contributed by atoms with Crippen molar-refractivity contribution in [2.75, 3.05) is 13.2 Å². The Morgan fingerprint density at radius 2 is 0.529 bits per heavy atom. The molecule has 0 rings (SSSR count). The molecule has 6 nitrogen and oxygen atoms in total. The van der Waals surface area contributed by atoms with E-state index >= 15 is 0 Å². The molecule has 398 valence electrons. The maximum absolute atomic E-state index is 12.9. The van der Waals surface area contributed by atoms with Crippen LogP contribution in [0.1, 0.15) is 323 Å². The molecule has 0 saturated carbocycles. The lowest BCUT2D eigenvalue weighted by atomic mass is 10.0. The quantitative estimate of drug-likeness (QED) is 0.0262. The van der Waals surface area contributed by atoms with E-state index in [9.17, 15) is 14.4 Å². The van der Waals surface area contributed by atoms with Crippen molar-refractivity contribution in [3.8, 4) is 0 Å². The van der Waals surface area contributed by atoms with Crippen LogP contribution < -0.4 is 0 Å². The Labute approximate surface area is 423 Å². The first kappa shape index (κ1) is 65.6. The van der Waals surface area contributed by atoms with Crippen LogP contribution in [0.2, 0.25) is 0 Å². The van der Waals surface area contributed by atoms with Crippen LogP contribution in [0.15, 0.2) is 36.5 Å². The van der Waals surface area contributed by atoms with Gasteiger partial charge < -0.3 is 14.2 Å². The molecule has 0 radical (unpaired) electrons. The molecular weight excluding hydrogens is 841 g/mol. The maximum atomic E-state index is 12.9. The van der Waals surface area contributed by atoms with Gasteiger partial charge in [0.05, 0.1) is 0 Å². The topological polar surface area (TPSA) is 78.9 Å². The second-order valence-corrected chi connectivity index (χ2v) is 20.3. The second kappa shape index (κ2) is 57.2. The third-order valence-electron chi connectivity index (χ3n) is 13.4.